The Morgan fingerprint density at radius 1 is 1.21 bits per heavy atom. The minimum absolute atomic E-state index is 0.256. The van der Waals surface area contributed by atoms with Crippen LogP contribution in [0.15, 0.2) is 24.3 Å². The van der Waals surface area contributed by atoms with E-state index in [1.165, 1.54) is 18.4 Å². The molecule has 1 aliphatic rings. The molecular formula is C16H26N2O. The number of likely N-dealkylation sites (N-methyl/N-ethyl adjacent to an activating group) is 1. The normalized spacial score (nSPS) is 27.5. The Kier molecular flexibility index (Phi) is 4.48. The molecule has 0 unspecified atom stereocenters. The fraction of sp³-hybridized carbons (Fsp3) is 0.625. The maximum absolute atomic E-state index is 6.08. The highest BCUT2D eigenvalue weighted by Gasteiger charge is 2.36. The van der Waals surface area contributed by atoms with Crippen LogP contribution in [0, 0.1) is 0 Å². The summed E-state index contributed by atoms with van der Waals surface area (Å²) in [5.74, 6) is 0.927. The first-order valence-corrected chi connectivity index (χ1v) is 7.10. The van der Waals surface area contributed by atoms with E-state index in [1.807, 2.05) is 0 Å². The summed E-state index contributed by atoms with van der Waals surface area (Å²) in [4.78, 5) is 2.29. The van der Waals surface area contributed by atoms with Crippen molar-refractivity contribution in [2.45, 2.75) is 37.1 Å². The van der Waals surface area contributed by atoms with Crippen LogP contribution in [0.5, 0.6) is 5.75 Å². The van der Waals surface area contributed by atoms with Crippen LogP contribution in [0.2, 0.25) is 0 Å². The number of ether oxygens (including phenoxy) is 1. The molecule has 1 aromatic carbocycles. The van der Waals surface area contributed by atoms with E-state index in [2.05, 4.69) is 43.3 Å². The molecule has 0 atom stereocenters. The van der Waals surface area contributed by atoms with Crippen molar-refractivity contribution in [1.29, 1.82) is 0 Å². The molecule has 0 amide bonds. The third-order valence-electron chi connectivity index (χ3n) is 4.31. The number of methoxy groups -OCH3 is 1. The van der Waals surface area contributed by atoms with Gasteiger partial charge >= 0.3 is 0 Å². The fourth-order valence-electron chi connectivity index (χ4n) is 3.28. The SMILES string of the molecule is COc1ccc(C2(CN(C)C)CCC(N)CC2)cc1. The standard InChI is InChI=1S/C16H26N2O/c1-18(2)12-16(10-8-14(17)9-11-16)13-4-6-15(19-3)7-5-13/h4-7,14H,8-12,17H2,1-3H3. The topological polar surface area (TPSA) is 38.5 Å². The second-order valence-corrected chi connectivity index (χ2v) is 6.08. The summed E-state index contributed by atoms with van der Waals surface area (Å²) in [6.45, 7) is 1.09. The molecule has 0 bridgehead atoms. The zero-order chi connectivity index (χ0) is 13.9. The molecule has 1 saturated carbocycles. The molecule has 2 N–H and O–H groups in total. The summed E-state index contributed by atoms with van der Waals surface area (Å²) >= 11 is 0. The zero-order valence-electron chi connectivity index (χ0n) is 12.4. The Labute approximate surface area is 116 Å². The van der Waals surface area contributed by atoms with Crippen molar-refractivity contribution in [3.8, 4) is 5.75 Å². The molecule has 1 fully saturated rings. The van der Waals surface area contributed by atoms with Gasteiger partial charge in [-0.3, -0.25) is 0 Å². The molecule has 3 nitrogen and oxygen atoms in total. The Morgan fingerprint density at radius 3 is 2.26 bits per heavy atom. The summed E-state index contributed by atoms with van der Waals surface area (Å²) in [7, 11) is 6.02. The number of benzene rings is 1. The van der Waals surface area contributed by atoms with E-state index in [9.17, 15) is 0 Å². The fourth-order valence-corrected chi connectivity index (χ4v) is 3.28. The molecule has 1 aliphatic carbocycles. The maximum Gasteiger partial charge on any atom is 0.118 e. The first-order chi connectivity index (χ1) is 9.05. The highest BCUT2D eigenvalue weighted by atomic mass is 16.5. The van der Waals surface area contributed by atoms with Crippen LogP contribution in [0.3, 0.4) is 0 Å². The average molecular weight is 262 g/mol. The van der Waals surface area contributed by atoms with Crippen LogP contribution < -0.4 is 10.5 Å². The lowest BCUT2D eigenvalue weighted by molar-refractivity contribution is 0.204. The molecule has 0 radical (unpaired) electrons. The van der Waals surface area contributed by atoms with Crippen LogP contribution in [0.4, 0.5) is 0 Å². The van der Waals surface area contributed by atoms with Crippen LogP contribution in [0.1, 0.15) is 31.2 Å². The molecule has 2 rings (SSSR count). The van der Waals surface area contributed by atoms with Gasteiger partial charge in [-0.05, 0) is 57.5 Å². The molecule has 106 valence electrons. The largest absolute Gasteiger partial charge is 0.497 e. The van der Waals surface area contributed by atoms with Crippen molar-refractivity contribution in [3.63, 3.8) is 0 Å². The van der Waals surface area contributed by atoms with Gasteiger partial charge < -0.3 is 15.4 Å². The Bertz CT molecular complexity index is 392. The lowest BCUT2D eigenvalue weighted by atomic mass is 9.68. The molecule has 0 saturated heterocycles. The number of rotatable bonds is 4. The molecule has 0 spiro atoms. The molecule has 0 aliphatic heterocycles. The van der Waals surface area contributed by atoms with Crippen molar-refractivity contribution >= 4 is 0 Å². The third-order valence-corrected chi connectivity index (χ3v) is 4.31. The van der Waals surface area contributed by atoms with Gasteiger partial charge in [0.2, 0.25) is 0 Å². The van der Waals surface area contributed by atoms with Crippen molar-refractivity contribution in [1.82, 2.24) is 4.90 Å². The van der Waals surface area contributed by atoms with Gasteiger partial charge in [0.25, 0.3) is 0 Å². The lowest BCUT2D eigenvalue weighted by Crippen LogP contribution is -2.43. The minimum Gasteiger partial charge on any atom is -0.497 e. The van der Waals surface area contributed by atoms with Gasteiger partial charge in [0.05, 0.1) is 7.11 Å². The number of hydrogen-bond donors (Lipinski definition) is 1. The van der Waals surface area contributed by atoms with E-state index < -0.39 is 0 Å². The predicted molar refractivity (Wildman–Crippen MR) is 79.7 cm³/mol. The summed E-state index contributed by atoms with van der Waals surface area (Å²) in [6, 6.07) is 8.97. The molecule has 19 heavy (non-hydrogen) atoms. The smallest absolute Gasteiger partial charge is 0.118 e. The van der Waals surface area contributed by atoms with Gasteiger partial charge in [0.1, 0.15) is 5.75 Å². The molecule has 0 aromatic heterocycles. The van der Waals surface area contributed by atoms with Crippen LogP contribution >= 0.6 is 0 Å². The van der Waals surface area contributed by atoms with Gasteiger partial charge in [-0.2, -0.15) is 0 Å². The van der Waals surface area contributed by atoms with Crippen LogP contribution in [-0.2, 0) is 5.41 Å². The van der Waals surface area contributed by atoms with Crippen molar-refractivity contribution in [3.05, 3.63) is 29.8 Å². The maximum atomic E-state index is 6.08. The van der Waals surface area contributed by atoms with Crippen molar-refractivity contribution in [2.24, 2.45) is 5.73 Å². The number of nitrogens with zero attached hydrogens (tertiary/aromatic N) is 1. The summed E-state index contributed by atoms with van der Waals surface area (Å²) in [6.07, 6.45) is 4.61. The van der Waals surface area contributed by atoms with E-state index in [4.69, 9.17) is 10.5 Å². The lowest BCUT2D eigenvalue weighted by Gasteiger charge is -2.41. The monoisotopic (exact) mass is 262 g/mol. The van der Waals surface area contributed by atoms with E-state index >= 15 is 0 Å². The first kappa shape index (κ1) is 14.4. The van der Waals surface area contributed by atoms with Crippen molar-refractivity contribution in [2.75, 3.05) is 27.7 Å². The number of nitrogens with two attached hydrogens (primary N) is 1. The Morgan fingerprint density at radius 2 is 1.79 bits per heavy atom. The van der Waals surface area contributed by atoms with E-state index in [0.29, 0.717) is 6.04 Å². The molecule has 1 aromatic rings. The van der Waals surface area contributed by atoms with Gasteiger partial charge in [-0.25, -0.2) is 0 Å². The van der Waals surface area contributed by atoms with Gasteiger partial charge in [-0.1, -0.05) is 12.1 Å². The first-order valence-electron chi connectivity index (χ1n) is 7.10. The van der Waals surface area contributed by atoms with Gasteiger partial charge in [0, 0.05) is 18.0 Å². The third kappa shape index (κ3) is 3.28. The highest BCUT2D eigenvalue weighted by Crippen LogP contribution is 2.40. The highest BCUT2D eigenvalue weighted by molar-refractivity contribution is 5.33. The van der Waals surface area contributed by atoms with Gasteiger partial charge in [0.15, 0.2) is 0 Å². The molecular weight excluding hydrogens is 236 g/mol. The predicted octanol–water partition coefficient (Wildman–Crippen LogP) is 2.40. The number of hydrogen-bond acceptors (Lipinski definition) is 3. The summed E-state index contributed by atoms with van der Waals surface area (Å²) < 4.78 is 5.26. The second-order valence-electron chi connectivity index (χ2n) is 6.08. The Balaban J connectivity index is 2.25. The van der Waals surface area contributed by atoms with E-state index in [1.54, 1.807) is 7.11 Å². The molecule has 0 heterocycles. The Hall–Kier alpha value is -1.06. The summed E-state index contributed by atoms with van der Waals surface area (Å²) in [5.41, 5.74) is 7.76. The van der Waals surface area contributed by atoms with E-state index in [-0.39, 0.29) is 5.41 Å². The second kappa shape index (κ2) is 5.93. The molecule has 3 heteroatoms. The van der Waals surface area contributed by atoms with Crippen LogP contribution in [-0.4, -0.2) is 38.7 Å². The summed E-state index contributed by atoms with van der Waals surface area (Å²) in [5, 5.41) is 0. The quantitative estimate of drug-likeness (QED) is 0.905. The van der Waals surface area contributed by atoms with Crippen LogP contribution in [0.25, 0.3) is 0 Å². The van der Waals surface area contributed by atoms with E-state index in [0.717, 1.165) is 25.1 Å². The van der Waals surface area contributed by atoms with Crippen molar-refractivity contribution < 1.29 is 4.74 Å². The minimum atomic E-state index is 0.256. The average Bonchev–Trinajstić information content (AvgIpc) is 2.41. The van der Waals surface area contributed by atoms with Gasteiger partial charge in [-0.15, -0.1) is 0 Å². The zero-order valence-corrected chi connectivity index (χ0v) is 12.4.